The van der Waals surface area contributed by atoms with Crippen LogP contribution < -0.4 is 5.32 Å². The number of likely N-dealkylation sites (tertiary alicyclic amines) is 1. The molecule has 1 fully saturated rings. The summed E-state index contributed by atoms with van der Waals surface area (Å²) in [6.45, 7) is 13.6. The van der Waals surface area contributed by atoms with Gasteiger partial charge < -0.3 is 10.1 Å². The van der Waals surface area contributed by atoms with E-state index in [1.807, 2.05) is 26.0 Å². The zero-order chi connectivity index (χ0) is 22.6. The lowest BCUT2D eigenvalue weighted by atomic mass is 9.85. The number of hydrogen-bond acceptors (Lipinski definition) is 4. The van der Waals surface area contributed by atoms with Gasteiger partial charge in [-0.05, 0) is 56.3 Å². The SMILES string of the molecule is CCOC(=O)C1=C(CN2CCCCC2)N(CC)C(=O)NC1c1ccc(C(C)(C)C)cc1. The summed E-state index contributed by atoms with van der Waals surface area (Å²) < 4.78 is 5.47. The average Bonchev–Trinajstić information content (AvgIpc) is 2.74. The Balaban J connectivity index is 2.06. The third kappa shape index (κ3) is 5.29. The number of benzene rings is 1. The normalized spacial score (nSPS) is 20.6. The first kappa shape index (κ1) is 23.3. The fraction of sp³-hybridized carbons (Fsp3) is 0.600. The lowest BCUT2D eigenvalue weighted by Crippen LogP contribution is -2.51. The molecule has 6 heteroatoms. The van der Waals surface area contributed by atoms with E-state index in [4.69, 9.17) is 4.74 Å². The molecule has 1 atom stereocenters. The topological polar surface area (TPSA) is 61.9 Å². The summed E-state index contributed by atoms with van der Waals surface area (Å²) in [5.41, 5.74) is 3.47. The number of nitrogens with zero attached hydrogens (tertiary/aromatic N) is 2. The largest absolute Gasteiger partial charge is 0.463 e. The number of carbonyl (C=O) groups is 2. The Hall–Kier alpha value is -2.34. The van der Waals surface area contributed by atoms with Crippen LogP contribution in [0.5, 0.6) is 0 Å². The van der Waals surface area contributed by atoms with Gasteiger partial charge in [0.25, 0.3) is 0 Å². The Morgan fingerprint density at radius 3 is 2.29 bits per heavy atom. The number of likely N-dealkylation sites (N-methyl/N-ethyl adjacent to an activating group) is 1. The Labute approximate surface area is 186 Å². The fourth-order valence-electron chi connectivity index (χ4n) is 4.41. The Bertz CT molecular complexity index is 817. The highest BCUT2D eigenvalue weighted by Gasteiger charge is 2.38. The first-order valence-electron chi connectivity index (χ1n) is 11.6. The van der Waals surface area contributed by atoms with Crippen LogP contribution in [0.4, 0.5) is 4.79 Å². The molecule has 170 valence electrons. The van der Waals surface area contributed by atoms with Crippen molar-refractivity contribution in [1.29, 1.82) is 0 Å². The quantitative estimate of drug-likeness (QED) is 0.685. The van der Waals surface area contributed by atoms with Gasteiger partial charge >= 0.3 is 12.0 Å². The molecule has 1 unspecified atom stereocenters. The van der Waals surface area contributed by atoms with Crippen molar-refractivity contribution in [3.63, 3.8) is 0 Å². The third-order valence-corrected chi connectivity index (χ3v) is 6.18. The van der Waals surface area contributed by atoms with Crippen molar-refractivity contribution in [2.45, 2.75) is 65.3 Å². The van der Waals surface area contributed by atoms with Crippen LogP contribution in [0.2, 0.25) is 0 Å². The molecular weight excluding hydrogens is 390 g/mol. The average molecular weight is 428 g/mol. The summed E-state index contributed by atoms with van der Waals surface area (Å²) in [4.78, 5) is 30.2. The number of ether oxygens (including phenoxy) is 1. The minimum Gasteiger partial charge on any atom is -0.463 e. The first-order valence-corrected chi connectivity index (χ1v) is 11.6. The molecule has 1 aromatic carbocycles. The van der Waals surface area contributed by atoms with Crippen LogP contribution in [-0.2, 0) is 14.9 Å². The lowest BCUT2D eigenvalue weighted by molar-refractivity contribution is -0.139. The molecular formula is C25H37N3O3. The monoisotopic (exact) mass is 427 g/mol. The molecule has 2 aliphatic heterocycles. The molecule has 2 amide bonds. The van der Waals surface area contributed by atoms with Gasteiger partial charge in [-0.2, -0.15) is 0 Å². The Morgan fingerprint density at radius 2 is 1.74 bits per heavy atom. The van der Waals surface area contributed by atoms with Gasteiger partial charge in [-0.1, -0.05) is 51.5 Å². The van der Waals surface area contributed by atoms with Crippen molar-refractivity contribution >= 4 is 12.0 Å². The zero-order valence-electron chi connectivity index (χ0n) is 19.7. The zero-order valence-corrected chi connectivity index (χ0v) is 19.7. The van der Waals surface area contributed by atoms with Crippen molar-refractivity contribution in [2.24, 2.45) is 0 Å². The minimum atomic E-state index is -0.511. The second kappa shape index (κ2) is 9.86. The highest BCUT2D eigenvalue weighted by atomic mass is 16.5. The number of nitrogens with one attached hydrogen (secondary N) is 1. The van der Waals surface area contributed by atoms with Gasteiger partial charge in [0, 0.05) is 18.8 Å². The van der Waals surface area contributed by atoms with E-state index in [0.717, 1.165) is 37.2 Å². The standard InChI is InChI=1S/C25H37N3O3/c1-6-28-20(17-27-15-9-8-10-16-27)21(23(29)31-7-2)22(26-24(28)30)18-11-13-19(14-12-18)25(3,4)5/h11-14,22H,6-10,15-17H2,1-5H3,(H,26,30). The van der Waals surface area contributed by atoms with Gasteiger partial charge in [-0.25, -0.2) is 9.59 Å². The van der Waals surface area contributed by atoms with E-state index in [1.54, 1.807) is 4.90 Å². The van der Waals surface area contributed by atoms with Gasteiger partial charge in [0.2, 0.25) is 0 Å². The summed E-state index contributed by atoms with van der Waals surface area (Å²) in [6, 6.07) is 7.53. The smallest absolute Gasteiger partial charge is 0.338 e. The molecule has 3 rings (SSSR count). The number of hydrogen-bond donors (Lipinski definition) is 1. The molecule has 0 saturated carbocycles. The molecule has 2 aliphatic rings. The van der Waals surface area contributed by atoms with Crippen molar-refractivity contribution in [3.8, 4) is 0 Å². The second-order valence-electron chi connectivity index (χ2n) is 9.42. The molecule has 1 N–H and O–H groups in total. The molecule has 0 aliphatic carbocycles. The molecule has 1 aromatic rings. The van der Waals surface area contributed by atoms with Crippen LogP contribution >= 0.6 is 0 Å². The van der Waals surface area contributed by atoms with Gasteiger partial charge in [-0.15, -0.1) is 0 Å². The summed E-state index contributed by atoms with van der Waals surface area (Å²) >= 11 is 0. The molecule has 0 aromatic heterocycles. The summed E-state index contributed by atoms with van der Waals surface area (Å²) in [5, 5.41) is 3.06. The van der Waals surface area contributed by atoms with Crippen molar-refractivity contribution < 1.29 is 14.3 Å². The number of piperidine rings is 1. The van der Waals surface area contributed by atoms with Gasteiger partial charge in [-0.3, -0.25) is 9.80 Å². The van der Waals surface area contributed by atoms with Crippen LogP contribution in [0.3, 0.4) is 0 Å². The maximum absolute atomic E-state index is 13.2. The molecule has 6 nitrogen and oxygen atoms in total. The highest BCUT2D eigenvalue weighted by Crippen LogP contribution is 2.33. The van der Waals surface area contributed by atoms with E-state index in [1.165, 1.54) is 12.0 Å². The number of carbonyl (C=O) groups excluding carboxylic acids is 2. The third-order valence-electron chi connectivity index (χ3n) is 6.18. The number of esters is 1. The predicted molar refractivity (Wildman–Crippen MR) is 123 cm³/mol. The van der Waals surface area contributed by atoms with Crippen LogP contribution in [0.25, 0.3) is 0 Å². The van der Waals surface area contributed by atoms with Crippen molar-refractivity contribution in [3.05, 3.63) is 46.7 Å². The number of rotatable bonds is 6. The Kier molecular flexibility index (Phi) is 7.42. The molecule has 0 bridgehead atoms. The van der Waals surface area contributed by atoms with E-state index in [-0.39, 0.29) is 17.4 Å². The van der Waals surface area contributed by atoms with Crippen molar-refractivity contribution in [1.82, 2.24) is 15.1 Å². The highest BCUT2D eigenvalue weighted by molar-refractivity contribution is 5.95. The lowest BCUT2D eigenvalue weighted by Gasteiger charge is -2.39. The molecule has 0 spiro atoms. The maximum Gasteiger partial charge on any atom is 0.338 e. The van der Waals surface area contributed by atoms with Crippen LogP contribution in [0, 0.1) is 0 Å². The molecule has 0 radical (unpaired) electrons. The summed E-state index contributed by atoms with van der Waals surface area (Å²) in [6.07, 6.45) is 3.54. The van der Waals surface area contributed by atoms with E-state index >= 15 is 0 Å². The van der Waals surface area contributed by atoms with E-state index in [0.29, 0.717) is 25.3 Å². The van der Waals surface area contributed by atoms with E-state index < -0.39 is 6.04 Å². The van der Waals surface area contributed by atoms with Crippen molar-refractivity contribution in [2.75, 3.05) is 32.8 Å². The summed E-state index contributed by atoms with van der Waals surface area (Å²) in [7, 11) is 0. The maximum atomic E-state index is 13.2. The van der Waals surface area contributed by atoms with Gasteiger partial charge in [0.1, 0.15) is 0 Å². The molecule has 31 heavy (non-hydrogen) atoms. The fourth-order valence-corrected chi connectivity index (χ4v) is 4.41. The second-order valence-corrected chi connectivity index (χ2v) is 9.42. The van der Waals surface area contributed by atoms with Gasteiger partial charge in [0.05, 0.1) is 18.2 Å². The first-order chi connectivity index (χ1) is 14.8. The van der Waals surface area contributed by atoms with E-state index in [2.05, 4.69) is 43.1 Å². The van der Waals surface area contributed by atoms with Gasteiger partial charge in [0.15, 0.2) is 0 Å². The minimum absolute atomic E-state index is 0.0343. The summed E-state index contributed by atoms with van der Waals surface area (Å²) in [5.74, 6) is -0.349. The van der Waals surface area contributed by atoms with Crippen LogP contribution in [0.1, 0.15) is 71.0 Å². The predicted octanol–water partition coefficient (Wildman–Crippen LogP) is 4.37. The number of amides is 2. The van der Waals surface area contributed by atoms with E-state index in [9.17, 15) is 9.59 Å². The van der Waals surface area contributed by atoms with Crippen LogP contribution in [0.15, 0.2) is 35.5 Å². The molecule has 2 heterocycles. The Morgan fingerprint density at radius 1 is 1.10 bits per heavy atom. The van der Waals surface area contributed by atoms with Crippen LogP contribution in [-0.4, -0.2) is 54.6 Å². The number of urea groups is 1. The molecule has 1 saturated heterocycles.